The van der Waals surface area contributed by atoms with Gasteiger partial charge < -0.3 is 15.0 Å². The quantitative estimate of drug-likeness (QED) is 0.622. The summed E-state index contributed by atoms with van der Waals surface area (Å²) in [6, 6.07) is 3.54. The summed E-state index contributed by atoms with van der Waals surface area (Å²) in [4.78, 5) is 45.4. The van der Waals surface area contributed by atoms with Crippen molar-refractivity contribution < 1.29 is 19.6 Å². The van der Waals surface area contributed by atoms with Crippen LogP contribution in [-0.4, -0.2) is 32.8 Å². The molecule has 23 heavy (non-hydrogen) atoms. The highest BCUT2D eigenvalue weighted by Crippen LogP contribution is 2.28. The summed E-state index contributed by atoms with van der Waals surface area (Å²) in [6.07, 6.45) is 0. The number of hydrogen-bond donors (Lipinski definition) is 2. The standard InChI is InChI=1S/C14H13N3O6/c1-7(18)6-15-13(20)11-12(19)9-4-3-8(17(22)23)5-10(9)16(2)14(11)21/h3-5,19H,6H2,1-2H3,(H,15,20). The number of nitrogens with zero attached hydrogens (tertiary/aromatic N) is 2. The number of hydrogen-bond acceptors (Lipinski definition) is 6. The van der Waals surface area contributed by atoms with Gasteiger partial charge in [-0.05, 0) is 13.0 Å². The van der Waals surface area contributed by atoms with Crippen molar-refractivity contribution in [3.8, 4) is 5.75 Å². The summed E-state index contributed by atoms with van der Waals surface area (Å²) in [5.74, 6) is -1.79. The molecule has 0 atom stereocenters. The van der Waals surface area contributed by atoms with Gasteiger partial charge in [0, 0.05) is 24.6 Å². The highest BCUT2D eigenvalue weighted by Gasteiger charge is 2.22. The van der Waals surface area contributed by atoms with Gasteiger partial charge in [0.15, 0.2) is 0 Å². The Balaban J connectivity index is 2.67. The molecule has 1 aromatic carbocycles. The number of nitro benzene ring substituents is 1. The van der Waals surface area contributed by atoms with Gasteiger partial charge in [0.05, 0.1) is 17.0 Å². The Morgan fingerprint density at radius 1 is 1.39 bits per heavy atom. The fraction of sp³-hybridized carbons (Fsp3) is 0.214. The number of ketones is 1. The van der Waals surface area contributed by atoms with Crippen LogP contribution >= 0.6 is 0 Å². The van der Waals surface area contributed by atoms with E-state index in [1.807, 2.05) is 0 Å². The van der Waals surface area contributed by atoms with Crippen LogP contribution in [0.15, 0.2) is 23.0 Å². The van der Waals surface area contributed by atoms with Gasteiger partial charge in [-0.1, -0.05) is 0 Å². The second kappa shape index (κ2) is 5.87. The number of nitrogens with one attached hydrogen (secondary N) is 1. The summed E-state index contributed by atoms with van der Waals surface area (Å²) in [5.41, 5.74) is -1.47. The number of aromatic hydroxyl groups is 1. The second-order valence-electron chi connectivity index (χ2n) is 4.93. The number of carbonyl (C=O) groups is 2. The van der Waals surface area contributed by atoms with E-state index < -0.39 is 27.7 Å². The molecule has 0 spiro atoms. The number of non-ortho nitro benzene ring substituents is 1. The van der Waals surface area contributed by atoms with Gasteiger partial charge in [-0.3, -0.25) is 24.5 Å². The maximum Gasteiger partial charge on any atom is 0.271 e. The van der Waals surface area contributed by atoms with E-state index in [1.54, 1.807) is 0 Å². The Hall–Kier alpha value is -3.23. The molecule has 0 saturated heterocycles. The van der Waals surface area contributed by atoms with Gasteiger partial charge >= 0.3 is 0 Å². The van der Waals surface area contributed by atoms with Gasteiger partial charge in [-0.2, -0.15) is 0 Å². The molecule has 0 unspecified atom stereocenters. The molecule has 0 radical (unpaired) electrons. The SMILES string of the molecule is CC(=O)CNC(=O)c1c(O)c2ccc([N+](=O)[O-])cc2n(C)c1=O. The molecule has 9 heteroatoms. The molecule has 0 fully saturated rings. The van der Waals surface area contributed by atoms with Crippen molar-refractivity contribution in [1.82, 2.24) is 9.88 Å². The topological polar surface area (TPSA) is 132 Å². The number of Topliss-reactive ketones (excluding diaryl/α,β-unsaturated/α-hetero) is 1. The van der Waals surface area contributed by atoms with Crippen LogP contribution in [0, 0.1) is 10.1 Å². The number of amides is 1. The number of fused-ring (bicyclic) bond motifs is 1. The Bertz CT molecular complexity index is 900. The fourth-order valence-electron chi connectivity index (χ4n) is 2.12. The number of nitro groups is 1. The molecule has 120 valence electrons. The molecule has 0 bridgehead atoms. The highest BCUT2D eigenvalue weighted by molar-refractivity contribution is 6.03. The number of aryl methyl sites for hydroxylation is 1. The zero-order chi connectivity index (χ0) is 17.3. The minimum absolute atomic E-state index is 0.116. The fourth-order valence-corrected chi connectivity index (χ4v) is 2.12. The Kier molecular flexibility index (Phi) is 4.12. The van der Waals surface area contributed by atoms with E-state index >= 15 is 0 Å². The van der Waals surface area contributed by atoms with E-state index in [0.717, 1.165) is 16.7 Å². The largest absolute Gasteiger partial charge is 0.506 e. The summed E-state index contributed by atoms with van der Waals surface area (Å²) in [6.45, 7) is 0.984. The van der Waals surface area contributed by atoms with E-state index in [-0.39, 0.29) is 28.9 Å². The van der Waals surface area contributed by atoms with Crippen molar-refractivity contribution in [1.29, 1.82) is 0 Å². The third kappa shape index (κ3) is 2.89. The van der Waals surface area contributed by atoms with Crippen LogP contribution < -0.4 is 10.9 Å². The van der Waals surface area contributed by atoms with Crippen molar-refractivity contribution in [2.24, 2.45) is 7.05 Å². The predicted molar refractivity (Wildman–Crippen MR) is 80.5 cm³/mol. The maximum absolute atomic E-state index is 12.3. The molecule has 0 aliphatic carbocycles. The van der Waals surface area contributed by atoms with Crippen LogP contribution in [0.1, 0.15) is 17.3 Å². The molecule has 0 aliphatic heterocycles. The van der Waals surface area contributed by atoms with Crippen molar-refractivity contribution in [2.75, 3.05) is 6.54 Å². The lowest BCUT2D eigenvalue weighted by atomic mass is 10.1. The third-order valence-electron chi connectivity index (χ3n) is 3.29. The Labute approximate surface area is 129 Å². The number of benzene rings is 1. The smallest absolute Gasteiger partial charge is 0.271 e. The monoisotopic (exact) mass is 319 g/mol. The Morgan fingerprint density at radius 2 is 2.04 bits per heavy atom. The molecule has 0 saturated carbocycles. The molecule has 2 rings (SSSR count). The predicted octanol–water partition coefficient (Wildman–Crippen LogP) is 0.471. The first-order chi connectivity index (χ1) is 10.7. The van der Waals surface area contributed by atoms with E-state index in [9.17, 15) is 29.6 Å². The van der Waals surface area contributed by atoms with Crippen LogP contribution in [0.5, 0.6) is 5.75 Å². The van der Waals surface area contributed by atoms with E-state index in [0.29, 0.717) is 0 Å². The molecule has 1 aromatic heterocycles. The molecular weight excluding hydrogens is 306 g/mol. The van der Waals surface area contributed by atoms with Gasteiger partial charge in [-0.15, -0.1) is 0 Å². The van der Waals surface area contributed by atoms with Crippen molar-refractivity contribution >= 4 is 28.3 Å². The van der Waals surface area contributed by atoms with Crippen LogP contribution in [0.3, 0.4) is 0 Å². The van der Waals surface area contributed by atoms with E-state index in [1.165, 1.54) is 20.0 Å². The Morgan fingerprint density at radius 3 is 2.61 bits per heavy atom. The minimum Gasteiger partial charge on any atom is -0.506 e. The van der Waals surface area contributed by atoms with Gasteiger partial charge in [0.2, 0.25) is 0 Å². The normalized spacial score (nSPS) is 10.5. The molecule has 1 amide bonds. The molecule has 2 aromatic rings. The summed E-state index contributed by atoms with van der Waals surface area (Å²) in [7, 11) is 1.33. The van der Waals surface area contributed by atoms with E-state index in [4.69, 9.17) is 0 Å². The summed E-state index contributed by atoms with van der Waals surface area (Å²) < 4.78 is 1.03. The minimum atomic E-state index is -0.890. The van der Waals surface area contributed by atoms with Crippen LogP contribution in [0.2, 0.25) is 0 Å². The molecular formula is C14H13N3O6. The number of aromatic nitrogens is 1. The maximum atomic E-state index is 12.3. The first-order valence-corrected chi connectivity index (χ1v) is 6.51. The van der Waals surface area contributed by atoms with Gasteiger partial charge in [0.1, 0.15) is 17.1 Å². The third-order valence-corrected chi connectivity index (χ3v) is 3.29. The number of pyridine rings is 1. The van der Waals surface area contributed by atoms with Crippen molar-refractivity contribution in [2.45, 2.75) is 6.92 Å². The zero-order valence-corrected chi connectivity index (χ0v) is 12.3. The first-order valence-electron chi connectivity index (χ1n) is 6.51. The lowest BCUT2D eigenvalue weighted by Crippen LogP contribution is -2.34. The molecule has 0 aliphatic rings. The van der Waals surface area contributed by atoms with Crippen LogP contribution in [0.4, 0.5) is 5.69 Å². The molecule has 1 heterocycles. The lowest BCUT2D eigenvalue weighted by Gasteiger charge is -2.11. The van der Waals surface area contributed by atoms with Crippen molar-refractivity contribution in [3.63, 3.8) is 0 Å². The van der Waals surface area contributed by atoms with Crippen LogP contribution in [-0.2, 0) is 11.8 Å². The van der Waals surface area contributed by atoms with E-state index in [2.05, 4.69) is 5.32 Å². The van der Waals surface area contributed by atoms with Gasteiger partial charge in [0.25, 0.3) is 17.2 Å². The summed E-state index contributed by atoms with van der Waals surface area (Å²) >= 11 is 0. The second-order valence-corrected chi connectivity index (χ2v) is 4.93. The van der Waals surface area contributed by atoms with Crippen LogP contribution in [0.25, 0.3) is 10.9 Å². The highest BCUT2D eigenvalue weighted by atomic mass is 16.6. The average molecular weight is 319 g/mol. The van der Waals surface area contributed by atoms with Crippen molar-refractivity contribution in [3.05, 3.63) is 44.2 Å². The molecule has 2 N–H and O–H groups in total. The zero-order valence-electron chi connectivity index (χ0n) is 12.3. The van der Waals surface area contributed by atoms with Gasteiger partial charge in [-0.25, -0.2) is 0 Å². The summed E-state index contributed by atoms with van der Waals surface area (Å²) in [5, 5.41) is 23.3. The number of rotatable bonds is 4. The lowest BCUT2D eigenvalue weighted by molar-refractivity contribution is -0.384. The number of carbonyl (C=O) groups excluding carboxylic acids is 2. The molecule has 9 nitrogen and oxygen atoms in total. The average Bonchev–Trinajstić information content (AvgIpc) is 2.50. The first kappa shape index (κ1) is 16.1.